The first-order valence-corrected chi connectivity index (χ1v) is 9.46. The van der Waals surface area contributed by atoms with Gasteiger partial charge in [-0.2, -0.15) is 0 Å². The van der Waals surface area contributed by atoms with Crippen molar-refractivity contribution >= 4 is 17.5 Å². The third-order valence-electron chi connectivity index (χ3n) is 5.18. The van der Waals surface area contributed by atoms with Crippen LogP contribution in [0.1, 0.15) is 47.6 Å². The molecule has 1 aromatic carbocycles. The van der Waals surface area contributed by atoms with Crippen LogP contribution >= 0.6 is 0 Å². The van der Waals surface area contributed by atoms with Gasteiger partial charge in [0.15, 0.2) is 0 Å². The van der Waals surface area contributed by atoms with E-state index in [1.54, 1.807) is 30.5 Å². The third-order valence-corrected chi connectivity index (χ3v) is 5.18. The number of rotatable bonds is 4. The molecule has 2 aliphatic heterocycles. The van der Waals surface area contributed by atoms with Crippen molar-refractivity contribution in [3.8, 4) is 0 Å². The second kappa shape index (κ2) is 7.88. The summed E-state index contributed by atoms with van der Waals surface area (Å²) >= 11 is 0. The highest BCUT2D eigenvalue weighted by molar-refractivity contribution is 5.98. The minimum Gasteiger partial charge on any atom is -0.368 e. The molecule has 1 aromatic heterocycles. The van der Waals surface area contributed by atoms with E-state index in [0.717, 1.165) is 37.8 Å². The van der Waals surface area contributed by atoms with Crippen LogP contribution in [0.4, 0.5) is 5.69 Å². The maximum Gasteiger partial charge on any atom is 0.254 e. The molecule has 2 saturated heterocycles. The Morgan fingerprint density at radius 1 is 1.15 bits per heavy atom. The Kier molecular flexibility index (Phi) is 5.16. The van der Waals surface area contributed by atoms with Gasteiger partial charge >= 0.3 is 0 Å². The molecule has 0 aliphatic carbocycles. The van der Waals surface area contributed by atoms with Gasteiger partial charge in [-0.1, -0.05) is 12.1 Å². The molecule has 0 bridgehead atoms. The summed E-state index contributed by atoms with van der Waals surface area (Å²) < 4.78 is 5.42. The number of likely N-dealkylation sites (tertiary alicyclic amines) is 1. The van der Waals surface area contributed by atoms with E-state index in [1.165, 1.54) is 0 Å². The first-order chi connectivity index (χ1) is 13.2. The van der Waals surface area contributed by atoms with Crippen LogP contribution in [-0.2, 0) is 9.53 Å². The molecule has 2 atom stereocenters. The van der Waals surface area contributed by atoms with Gasteiger partial charge < -0.3 is 15.0 Å². The number of nitrogens with zero attached hydrogens (tertiary/aromatic N) is 2. The fourth-order valence-electron chi connectivity index (χ4n) is 3.83. The highest BCUT2D eigenvalue weighted by Crippen LogP contribution is 2.33. The van der Waals surface area contributed by atoms with Crippen LogP contribution in [-0.4, -0.2) is 41.0 Å². The number of benzene rings is 1. The van der Waals surface area contributed by atoms with Crippen molar-refractivity contribution in [2.45, 2.75) is 37.8 Å². The van der Waals surface area contributed by atoms with Crippen molar-refractivity contribution in [1.29, 1.82) is 0 Å². The summed E-state index contributed by atoms with van der Waals surface area (Å²) in [6.45, 7) is 1.35. The van der Waals surface area contributed by atoms with Crippen LogP contribution < -0.4 is 5.32 Å². The maximum absolute atomic E-state index is 13.1. The molecule has 140 valence electrons. The number of amides is 2. The van der Waals surface area contributed by atoms with E-state index in [2.05, 4.69) is 10.3 Å². The van der Waals surface area contributed by atoms with Crippen molar-refractivity contribution < 1.29 is 14.3 Å². The molecular weight excluding hydrogens is 342 g/mol. The number of nitrogens with one attached hydrogen (secondary N) is 1. The zero-order valence-corrected chi connectivity index (χ0v) is 15.1. The standard InChI is InChI=1S/C21H23N3O3/c25-20(19-9-4-12-27-19)23-17-7-1-5-15(13-17)21(26)24-11-3-8-18(24)16-6-2-10-22-14-16/h1-2,5-7,10,13-14,18-19H,3-4,8-9,11-12H2,(H,23,25). The molecule has 0 spiro atoms. The lowest BCUT2D eigenvalue weighted by Crippen LogP contribution is -2.31. The van der Waals surface area contributed by atoms with E-state index in [4.69, 9.17) is 4.74 Å². The summed E-state index contributed by atoms with van der Waals surface area (Å²) in [4.78, 5) is 31.4. The van der Waals surface area contributed by atoms with E-state index in [1.807, 2.05) is 23.2 Å². The second-order valence-electron chi connectivity index (χ2n) is 7.01. The van der Waals surface area contributed by atoms with Gasteiger partial charge in [-0.3, -0.25) is 14.6 Å². The van der Waals surface area contributed by atoms with Crippen LogP contribution in [0.25, 0.3) is 0 Å². The number of hydrogen-bond acceptors (Lipinski definition) is 4. The Labute approximate surface area is 158 Å². The van der Waals surface area contributed by atoms with Gasteiger partial charge in [0.1, 0.15) is 6.10 Å². The number of carbonyl (C=O) groups is 2. The van der Waals surface area contributed by atoms with Gasteiger partial charge in [-0.25, -0.2) is 0 Å². The number of carbonyl (C=O) groups excluding carboxylic acids is 2. The number of ether oxygens (including phenoxy) is 1. The van der Waals surface area contributed by atoms with Crippen molar-refractivity contribution in [2.75, 3.05) is 18.5 Å². The number of aromatic nitrogens is 1. The monoisotopic (exact) mass is 365 g/mol. The topological polar surface area (TPSA) is 71.5 Å². The predicted octanol–water partition coefficient (Wildman–Crippen LogP) is 3.18. The van der Waals surface area contributed by atoms with E-state index in [-0.39, 0.29) is 17.9 Å². The van der Waals surface area contributed by atoms with Crippen molar-refractivity contribution in [3.05, 3.63) is 59.9 Å². The summed E-state index contributed by atoms with van der Waals surface area (Å²) in [6, 6.07) is 11.1. The van der Waals surface area contributed by atoms with Gasteiger partial charge in [0, 0.05) is 36.8 Å². The molecule has 2 amide bonds. The van der Waals surface area contributed by atoms with Gasteiger partial charge in [0.25, 0.3) is 11.8 Å². The lowest BCUT2D eigenvalue weighted by Gasteiger charge is -2.25. The Bertz CT molecular complexity index is 818. The van der Waals surface area contributed by atoms with E-state index < -0.39 is 6.10 Å². The average Bonchev–Trinajstić information content (AvgIpc) is 3.40. The lowest BCUT2D eigenvalue weighted by molar-refractivity contribution is -0.124. The Morgan fingerprint density at radius 3 is 2.85 bits per heavy atom. The molecule has 1 N–H and O–H groups in total. The fraction of sp³-hybridized carbons (Fsp3) is 0.381. The van der Waals surface area contributed by atoms with Crippen molar-refractivity contribution in [3.63, 3.8) is 0 Å². The maximum atomic E-state index is 13.1. The quantitative estimate of drug-likeness (QED) is 0.903. The summed E-state index contributed by atoms with van der Waals surface area (Å²) in [6.07, 6.45) is 6.73. The Hall–Kier alpha value is -2.73. The molecule has 2 fully saturated rings. The van der Waals surface area contributed by atoms with Crippen LogP contribution in [0.2, 0.25) is 0 Å². The van der Waals surface area contributed by atoms with Gasteiger partial charge in [0.05, 0.1) is 6.04 Å². The zero-order chi connectivity index (χ0) is 18.6. The zero-order valence-electron chi connectivity index (χ0n) is 15.1. The van der Waals surface area contributed by atoms with Gasteiger partial charge in [-0.05, 0) is 55.5 Å². The minimum absolute atomic E-state index is 0.0189. The highest BCUT2D eigenvalue weighted by atomic mass is 16.5. The van der Waals surface area contributed by atoms with Crippen LogP contribution in [0.3, 0.4) is 0 Å². The fourth-order valence-corrected chi connectivity index (χ4v) is 3.83. The minimum atomic E-state index is -0.391. The van der Waals surface area contributed by atoms with Crippen LogP contribution in [0.5, 0.6) is 0 Å². The average molecular weight is 365 g/mol. The van der Waals surface area contributed by atoms with Crippen LogP contribution in [0.15, 0.2) is 48.8 Å². The number of anilines is 1. The molecule has 0 saturated carbocycles. The highest BCUT2D eigenvalue weighted by Gasteiger charge is 2.31. The van der Waals surface area contributed by atoms with Crippen LogP contribution in [0, 0.1) is 0 Å². The SMILES string of the molecule is O=C(Nc1cccc(C(=O)N2CCCC2c2cccnc2)c1)C1CCCO1. The molecule has 4 rings (SSSR count). The summed E-state index contributed by atoms with van der Waals surface area (Å²) in [5, 5.41) is 2.87. The normalized spacial score (nSPS) is 22.0. The van der Waals surface area contributed by atoms with E-state index >= 15 is 0 Å². The summed E-state index contributed by atoms with van der Waals surface area (Å²) in [7, 11) is 0. The molecular formula is C21H23N3O3. The van der Waals surface area contributed by atoms with Gasteiger partial charge in [0.2, 0.25) is 0 Å². The third kappa shape index (κ3) is 3.85. The van der Waals surface area contributed by atoms with E-state index in [0.29, 0.717) is 17.9 Å². The molecule has 6 nitrogen and oxygen atoms in total. The van der Waals surface area contributed by atoms with Gasteiger partial charge in [-0.15, -0.1) is 0 Å². The Morgan fingerprint density at radius 2 is 2.07 bits per heavy atom. The molecule has 3 heterocycles. The molecule has 0 radical (unpaired) electrons. The molecule has 2 aromatic rings. The second-order valence-corrected chi connectivity index (χ2v) is 7.01. The molecule has 2 aliphatic rings. The molecule has 2 unspecified atom stereocenters. The lowest BCUT2D eigenvalue weighted by atomic mass is 10.1. The summed E-state index contributed by atoms with van der Waals surface area (Å²) in [5.74, 6) is -0.166. The van der Waals surface area contributed by atoms with Crippen molar-refractivity contribution in [2.24, 2.45) is 0 Å². The number of hydrogen-bond donors (Lipinski definition) is 1. The van der Waals surface area contributed by atoms with Crippen molar-refractivity contribution in [1.82, 2.24) is 9.88 Å². The Balaban J connectivity index is 1.49. The molecule has 27 heavy (non-hydrogen) atoms. The first kappa shape index (κ1) is 17.7. The van der Waals surface area contributed by atoms with E-state index in [9.17, 15) is 9.59 Å². The largest absolute Gasteiger partial charge is 0.368 e. The smallest absolute Gasteiger partial charge is 0.254 e. The predicted molar refractivity (Wildman–Crippen MR) is 101 cm³/mol. The number of pyridine rings is 1. The molecule has 6 heteroatoms. The summed E-state index contributed by atoms with van der Waals surface area (Å²) in [5.41, 5.74) is 2.26. The first-order valence-electron chi connectivity index (χ1n) is 9.46.